The molecule has 3 heterocycles. The van der Waals surface area contributed by atoms with E-state index in [9.17, 15) is 13.6 Å². The second-order valence-corrected chi connectivity index (χ2v) is 9.51. The molecule has 0 N–H and O–H groups in total. The molecule has 5 nitrogen and oxygen atoms in total. The molecule has 3 aromatic rings. The molecule has 3 fully saturated rings. The molecule has 0 saturated heterocycles. The summed E-state index contributed by atoms with van der Waals surface area (Å²) >= 11 is 0. The molecule has 7 heteroatoms. The van der Waals surface area contributed by atoms with E-state index in [0.29, 0.717) is 12.0 Å². The summed E-state index contributed by atoms with van der Waals surface area (Å²) in [5.74, 6) is -1.29. The quantitative estimate of drug-likeness (QED) is 0.612. The first kappa shape index (κ1) is 18.7. The van der Waals surface area contributed by atoms with Gasteiger partial charge in [-0.25, -0.2) is 13.8 Å². The molecule has 1 amide bonds. The molecule has 158 valence electrons. The highest BCUT2D eigenvalue weighted by molar-refractivity contribution is 5.88. The second kappa shape index (κ2) is 6.22. The number of carbonyl (C=O) groups excluding carboxylic acids is 1. The fourth-order valence-electron chi connectivity index (χ4n) is 5.96. The third-order valence-electron chi connectivity index (χ3n) is 7.17. The maximum absolute atomic E-state index is 13.7. The van der Waals surface area contributed by atoms with Gasteiger partial charge in [-0.05, 0) is 67.5 Å². The smallest absolute Gasteiger partial charge is 0.249 e. The van der Waals surface area contributed by atoms with Gasteiger partial charge in [-0.15, -0.1) is 0 Å². The lowest BCUT2D eigenvalue weighted by molar-refractivity contribution is -0.222. The Morgan fingerprint density at radius 3 is 2.61 bits per heavy atom. The molecule has 4 aliphatic rings. The number of pyridine rings is 1. The van der Waals surface area contributed by atoms with Crippen LogP contribution in [0.5, 0.6) is 0 Å². The maximum Gasteiger partial charge on any atom is 0.249 e. The van der Waals surface area contributed by atoms with Gasteiger partial charge < -0.3 is 4.57 Å². The van der Waals surface area contributed by atoms with Crippen molar-refractivity contribution in [1.82, 2.24) is 14.6 Å². The van der Waals surface area contributed by atoms with Crippen LogP contribution in [-0.4, -0.2) is 26.7 Å². The number of rotatable bonds is 4. The van der Waals surface area contributed by atoms with Gasteiger partial charge >= 0.3 is 0 Å². The number of hydrogen-bond acceptors (Lipinski definition) is 3. The third kappa shape index (κ3) is 2.75. The molecule has 31 heavy (non-hydrogen) atoms. The monoisotopic (exact) mass is 420 g/mol. The number of hydrazone groups is 1. The number of carbonyl (C=O) groups is 1. The normalized spacial score (nSPS) is 28.6. The van der Waals surface area contributed by atoms with E-state index in [1.165, 1.54) is 17.1 Å². The maximum atomic E-state index is 13.7. The van der Waals surface area contributed by atoms with Crippen molar-refractivity contribution in [2.75, 3.05) is 0 Å². The standard InChI is InChI=1S/C24H22F2N4O/c1-15-2-3-21-19(28-15)5-7-29(21)14-23-11-24(12-23,13-23)22(31)30-20(4-6-27-30)16-8-17(25)10-18(26)9-16/h2-3,5-10,20H,4,11-14H2,1H3. The van der Waals surface area contributed by atoms with E-state index in [1.54, 1.807) is 6.21 Å². The first-order valence-corrected chi connectivity index (χ1v) is 10.6. The number of aromatic nitrogens is 2. The van der Waals surface area contributed by atoms with Crippen molar-refractivity contribution in [2.24, 2.45) is 15.9 Å². The van der Waals surface area contributed by atoms with Gasteiger partial charge in [0.25, 0.3) is 0 Å². The van der Waals surface area contributed by atoms with Gasteiger partial charge in [-0.1, -0.05) is 0 Å². The fraction of sp³-hybridized carbons (Fsp3) is 0.375. The van der Waals surface area contributed by atoms with E-state index < -0.39 is 17.7 Å². The lowest BCUT2D eigenvalue weighted by atomic mass is 9.34. The van der Waals surface area contributed by atoms with Crippen LogP contribution in [0, 0.1) is 29.4 Å². The van der Waals surface area contributed by atoms with Gasteiger partial charge in [0.05, 0.1) is 22.5 Å². The van der Waals surface area contributed by atoms with Crippen molar-refractivity contribution in [2.45, 2.75) is 45.2 Å². The topological polar surface area (TPSA) is 50.5 Å². The van der Waals surface area contributed by atoms with Crippen molar-refractivity contribution in [3.05, 3.63) is 65.5 Å². The average molecular weight is 420 g/mol. The van der Waals surface area contributed by atoms with E-state index in [4.69, 9.17) is 0 Å². The molecular formula is C24H22F2N4O. The van der Waals surface area contributed by atoms with E-state index in [-0.39, 0.29) is 16.7 Å². The first-order chi connectivity index (χ1) is 14.9. The Kier molecular flexibility index (Phi) is 3.74. The summed E-state index contributed by atoms with van der Waals surface area (Å²) < 4.78 is 29.6. The summed E-state index contributed by atoms with van der Waals surface area (Å²) in [5.41, 5.74) is 3.31. The van der Waals surface area contributed by atoms with E-state index in [0.717, 1.165) is 48.6 Å². The summed E-state index contributed by atoms with van der Waals surface area (Å²) in [6, 6.07) is 9.15. The molecule has 7 rings (SSSR count). The SMILES string of the molecule is Cc1ccc2c(ccn2CC23CC(C(=O)N4N=CCC4c4cc(F)cc(F)c4)(C2)C3)n1. The minimum absolute atomic E-state index is 0.0209. The molecule has 3 saturated carbocycles. The zero-order chi connectivity index (χ0) is 21.4. The van der Waals surface area contributed by atoms with Crippen LogP contribution in [0.25, 0.3) is 11.0 Å². The lowest BCUT2D eigenvalue weighted by Crippen LogP contribution is -2.68. The number of halogens is 2. The van der Waals surface area contributed by atoms with Crippen molar-refractivity contribution >= 4 is 23.2 Å². The molecular weight excluding hydrogens is 398 g/mol. The predicted molar refractivity (Wildman–Crippen MR) is 112 cm³/mol. The van der Waals surface area contributed by atoms with Crippen LogP contribution >= 0.6 is 0 Å². The molecule has 0 spiro atoms. The highest BCUT2D eigenvalue weighted by Gasteiger charge is 2.72. The zero-order valence-corrected chi connectivity index (χ0v) is 17.2. The number of nitrogens with zero attached hydrogens (tertiary/aromatic N) is 4. The van der Waals surface area contributed by atoms with Crippen LogP contribution in [0.2, 0.25) is 0 Å². The number of benzene rings is 1. The van der Waals surface area contributed by atoms with E-state index in [1.807, 2.05) is 19.1 Å². The first-order valence-electron chi connectivity index (χ1n) is 10.6. The molecule has 2 aromatic heterocycles. The average Bonchev–Trinajstić information content (AvgIpc) is 3.29. The summed E-state index contributed by atoms with van der Waals surface area (Å²) in [4.78, 5) is 17.9. The van der Waals surface area contributed by atoms with E-state index >= 15 is 0 Å². The van der Waals surface area contributed by atoms with Crippen LogP contribution in [0.3, 0.4) is 0 Å². The van der Waals surface area contributed by atoms with Crippen molar-refractivity contribution in [3.63, 3.8) is 0 Å². The zero-order valence-electron chi connectivity index (χ0n) is 17.2. The van der Waals surface area contributed by atoms with Crippen molar-refractivity contribution in [3.8, 4) is 0 Å². The summed E-state index contributed by atoms with van der Waals surface area (Å²) in [6.07, 6.45) is 6.69. The van der Waals surface area contributed by atoms with Crippen LogP contribution in [-0.2, 0) is 11.3 Å². The summed E-state index contributed by atoms with van der Waals surface area (Å²) in [6.45, 7) is 2.86. The van der Waals surface area contributed by atoms with Gasteiger partial charge in [0.1, 0.15) is 11.6 Å². The lowest BCUT2D eigenvalue weighted by Gasteiger charge is -2.70. The fourth-order valence-corrected chi connectivity index (χ4v) is 5.96. The number of amides is 1. The van der Waals surface area contributed by atoms with Gasteiger partial charge in [0, 0.05) is 37.1 Å². The van der Waals surface area contributed by atoms with Crippen LogP contribution in [0.1, 0.15) is 43.0 Å². The summed E-state index contributed by atoms with van der Waals surface area (Å²) in [5, 5.41) is 5.73. The molecule has 3 aliphatic carbocycles. The van der Waals surface area contributed by atoms with Gasteiger partial charge in [0.2, 0.25) is 5.91 Å². The van der Waals surface area contributed by atoms with Crippen molar-refractivity contribution < 1.29 is 13.6 Å². The van der Waals surface area contributed by atoms with Gasteiger partial charge in [-0.3, -0.25) is 9.78 Å². The molecule has 2 bridgehead atoms. The molecule has 1 aromatic carbocycles. The molecule has 0 radical (unpaired) electrons. The van der Waals surface area contributed by atoms with Crippen molar-refractivity contribution in [1.29, 1.82) is 0 Å². The highest BCUT2D eigenvalue weighted by atomic mass is 19.1. The Morgan fingerprint density at radius 2 is 1.87 bits per heavy atom. The third-order valence-corrected chi connectivity index (χ3v) is 7.17. The minimum Gasteiger partial charge on any atom is -0.346 e. The Labute approximate surface area is 178 Å². The Hall–Kier alpha value is -3.09. The van der Waals surface area contributed by atoms with E-state index in [2.05, 4.69) is 26.9 Å². The summed E-state index contributed by atoms with van der Waals surface area (Å²) in [7, 11) is 0. The number of hydrogen-bond donors (Lipinski definition) is 0. The minimum atomic E-state index is -0.637. The molecule has 1 unspecified atom stereocenters. The van der Waals surface area contributed by atoms with Crippen LogP contribution in [0.15, 0.2) is 47.7 Å². The van der Waals surface area contributed by atoms with Crippen LogP contribution < -0.4 is 0 Å². The Balaban J connectivity index is 1.18. The Morgan fingerprint density at radius 1 is 1.13 bits per heavy atom. The van der Waals surface area contributed by atoms with Crippen LogP contribution in [0.4, 0.5) is 8.78 Å². The highest BCUT2D eigenvalue weighted by Crippen LogP contribution is 2.74. The second-order valence-electron chi connectivity index (χ2n) is 9.51. The van der Waals surface area contributed by atoms with Gasteiger partial charge in [0.15, 0.2) is 0 Å². The molecule has 1 atom stereocenters. The number of fused-ring (bicyclic) bond motifs is 1. The largest absolute Gasteiger partial charge is 0.346 e. The predicted octanol–water partition coefficient (Wildman–Crippen LogP) is 4.75. The number of aryl methyl sites for hydroxylation is 1. The van der Waals surface area contributed by atoms with Gasteiger partial charge in [-0.2, -0.15) is 5.10 Å². The molecule has 1 aliphatic heterocycles. The Bertz CT molecular complexity index is 1220.